The smallest absolute Gasteiger partial charge is 0.0502 e. The van der Waals surface area contributed by atoms with E-state index in [0.29, 0.717) is 12.1 Å². The van der Waals surface area contributed by atoms with Gasteiger partial charge in [-0.25, -0.2) is 0 Å². The summed E-state index contributed by atoms with van der Waals surface area (Å²) in [5.74, 6) is 0.768. The van der Waals surface area contributed by atoms with Gasteiger partial charge in [-0.3, -0.25) is 4.90 Å². The van der Waals surface area contributed by atoms with Crippen molar-refractivity contribution in [2.24, 2.45) is 11.7 Å². The number of nitrogens with two attached hydrogens (primary N) is 1. The average Bonchev–Trinajstić information content (AvgIpc) is 2.43. The van der Waals surface area contributed by atoms with Crippen LogP contribution >= 0.6 is 15.9 Å². The molecule has 1 aliphatic rings. The number of likely N-dealkylation sites (tertiary alicyclic amines) is 1. The summed E-state index contributed by atoms with van der Waals surface area (Å²) in [6, 6.07) is 9.79. The molecule has 20 heavy (non-hydrogen) atoms. The Morgan fingerprint density at radius 2 is 2.10 bits per heavy atom. The third-order valence-corrected chi connectivity index (χ3v) is 5.08. The van der Waals surface area contributed by atoms with Gasteiger partial charge in [0.2, 0.25) is 0 Å². The Kier molecular flexibility index (Phi) is 5.65. The van der Waals surface area contributed by atoms with Crippen LogP contribution in [0.25, 0.3) is 0 Å². The highest BCUT2D eigenvalue weighted by Crippen LogP contribution is 2.34. The zero-order valence-corrected chi connectivity index (χ0v) is 14.4. The van der Waals surface area contributed by atoms with Crippen molar-refractivity contribution in [1.29, 1.82) is 0 Å². The summed E-state index contributed by atoms with van der Waals surface area (Å²) in [5.41, 5.74) is 7.82. The van der Waals surface area contributed by atoms with Gasteiger partial charge >= 0.3 is 0 Å². The predicted octanol–water partition coefficient (Wildman–Crippen LogP) is 4.35. The molecule has 3 heteroatoms. The van der Waals surface area contributed by atoms with Crippen LogP contribution < -0.4 is 5.73 Å². The van der Waals surface area contributed by atoms with Crippen LogP contribution in [-0.4, -0.2) is 23.5 Å². The summed E-state index contributed by atoms with van der Waals surface area (Å²) in [7, 11) is 0. The van der Waals surface area contributed by atoms with Crippen molar-refractivity contribution >= 4 is 15.9 Å². The van der Waals surface area contributed by atoms with Crippen molar-refractivity contribution in [3.63, 3.8) is 0 Å². The molecule has 1 saturated heterocycles. The van der Waals surface area contributed by atoms with E-state index in [0.717, 1.165) is 23.4 Å². The molecule has 0 bridgehead atoms. The molecule has 0 aliphatic carbocycles. The number of benzene rings is 1. The second kappa shape index (κ2) is 7.06. The average molecular weight is 339 g/mol. The van der Waals surface area contributed by atoms with Crippen LogP contribution in [0, 0.1) is 5.92 Å². The first-order valence-corrected chi connectivity index (χ1v) is 8.59. The normalized spacial score (nSPS) is 27.2. The second-order valence-corrected chi connectivity index (χ2v) is 7.22. The Balaban J connectivity index is 2.31. The zero-order valence-electron chi connectivity index (χ0n) is 12.8. The third-order valence-electron chi connectivity index (χ3n) is 4.59. The minimum Gasteiger partial charge on any atom is -0.326 e. The minimum absolute atomic E-state index is 0.192. The molecule has 1 aromatic carbocycles. The molecule has 4 unspecified atom stereocenters. The molecule has 112 valence electrons. The number of hydrogen-bond acceptors (Lipinski definition) is 2. The zero-order chi connectivity index (χ0) is 14.7. The molecule has 2 N–H and O–H groups in total. The van der Waals surface area contributed by atoms with E-state index in [-0.39, 0.29) is 6.04 Å². The Morgan fingerprint density at radius 1 is 1.35 bits per heavy atom. The van der Waals surface area contributed by atoms with Crippen LogP contribution in [0.15, 0.2) is 28.7 Å². The fraction of sp³-hybridized carbons (Fsp3) is 0.647. The fourth-order valence-electron chi connectivity index (χ4n) is 3.31. The molecule has 0 amide bonds. The van der Waals surface area contributed by atoms with E-state index in [1.165, 1.54) is 18.4 Å². The van der Waals surface area contributed by atoms with Gasteiger partial charge in [0.15, 0.2) is 0 Å². The van der Waals surface area contributed by atoms with E-state index in [1.54, 1.807) is 0 Å². The van der Waals surface area contributed by atoms with Gasteiger partial charge < -0.3 is 5.73 Å². The first-order chi connectivity index (χ1) is 9.52. The number of nitrogens with zero attached hydrogens (tertiary/aromatic N) is 1. The number of piperidine rings is 1. The largest absolute Gasteiger partial charge is 0.326 e. The first-order valence-electron chi connectivity index (χ1n) is 7.79. The molecule has 1 fully saturated rings. The number of hydrogen-bond donors (Lipinski definition) is 1. The lowest BCUT2D eigenvalue weighted by Gasteiger charge is -2.44. The van der Waals surface area contributed by atoms with E-state index in [4.69, 9.17) is 5.73 Å². The van der Waals surface area contributed by atoms with Crippen LogP contribution in [0.4, 0.5) is 0 Å². The predicted molar refractivity (Wildman–Crippen MR) is 89.7 cm³/mol. The molecular formula is C17H27BrN2. The summed E-state index contributed by atoms with van der Waals surface area (Å²) in [6.45, 7) is 8.05. The van der Waals surface area contributed by atoms with Gasteiger partial charge in [-0.1, -0.05) is 41.9 Å². The second-order valence-electron chi connectivity index (χ2n) is 6.30. The molecule has 2 rings (SSSR count). The molecule has 0 radical (unpaired) electrons. The van der Waals surface area contributed by atoms with E-state index in [1.807, 2.05) is 0 Å². The third kappa shape index (κ3) is 3.63. The molecule has 1 aromatic rings. The quantitative estimate of drug-likeness (QED) is 0.884. The maximum absolute atomic E-state index is 6.48. The van der Waals surface area contributed by atoms with Crippen LogP contribution in [0.3, 0.4) is 0 Å². The molecular weight excluding hydrogens is 312 g/mol. The summed E-state index contributed by atoms with van der Waals surface area (Å²) < 4.78 is 1.14. The molecule has 0 saturated carbocycles. The SMILES string of the molecule is CCC(N)C(c1cccc(Br)c1)N1CC(C)CCC1C. The fourth-order valence-corrected chi connectivity index (χ4v) is 3.73. The molecule has 4 atom stereocenters. The Morgan fingerprint density at radius 3 is 2.75 bits per heavy atom. The summed E-state index contributed by atoms with van der Waals surface area (Å²) in [5, 5.41) is 0. The molecule has 0 aromatic heterocycles. The maximum Gasteiger partial charge on any atom is 0.0502 e. The van der Waals surface area contributed by atoms with Crippen LogP contribution in [-0.2, 0) is 0 Å². The lowest BCUT2D eigenvalue weighted by atomic mass is 9.88. The van der Waals surface area contributed by atoms with Gasteiger partial charge in [0, 0.05) is 23.1 Å². The first kappa shape index (κ1) is 16.0. The Labute approximate surface area is 131 Å². The standard InChI is InChI=1S/C17H27BrN2/c1-4-16(19)17(14-6-5-7-15(18)10-14)20-11-12(2)8-9-13(20)3/h5-7,10,12-13,16-17H,4,8-9,11,19H2,1-3H3. The lowest BCUT2D eigenvalue weighted by Crippen LogP contribution is -2.49. The summed E-state index contributed by atoms with van der Waals surface area (Å²) in [4.78, 5) is 2.63. The Bertz CT molecular complexity index is 435. The number of halogens is 1. The monoisotopic (exact) mass is 338 g/mol. The van der Waals surface area contributed by atoms with E-state index in [2.05, 4.69) is 65.9 Å². The highest BCUT2D eigenvalue weighted by Gasteiger charge is 2.32. The van der Waals surface area contributed by atoms with Gasteiger partial charge in [-0.2, -0.15) is 0 Å². The highest BCUT2D eigenvalue weighted by molar-refractivity contribution is 9.10. The van der Waals surface area contributed by atoms with Crippen LogP contribution in [0.5, 0.6) is 0 Å². The topological polar surface area (TPSA) is 29.3 Å². The van der Waals surface area contributed by atoms with Crippen molar-refractivity contribution < 1.29 is 0 Å². The molecule has 1 heterocycles. The molecule has 1 aliphatic heterocycles. The molecule has 2 nitrogen and oxygen atoms in total. The van der Waals surface area contributed by atoms with Gasteiger partial charge in [-0.15, -0.1) is 0 Å². The molecule has 0 spiro atoms. The maximum atomic E-state index is 6.48. The van der Waals surface area contributed by atoms with Crippen LogP contribution in [0.1, 0.15) is 51.6 Å². The minimum atomic E-state index is 0.192. The summed E-state index contributed by atoms with van der Waals surface area (Å²) >= 11 is 3.59. The van der Waals surface area contributed by atoms with Gasteiger partial charge in [-0.05, 0) is 49.8 Å². The summed E-state index contributed by atoms with van der Waals surface area (Å²) in [6.07, 6.45) is 3.63. The Hall–Kier alpha value is -0.380. The van der Waals surface area contributed by atoms with E-state index >= 15 is 0 Å². The van der Waals surface area contributed by atoms with Crippen molar-refractivity contribution in [3.05, 3.63) is 34.3 Å². The number of rotatable bonds is 4. The van der Waals surface area contributed by atoms with Crippen molar-refractivity contribution in [2.75, 3.05) is 6.54 Å². The van der Waals surface area contributed by atoms with E-state index in [9.17, 15) is 0 Å². The van der Waals surface area contributed by atoms with Gasteiger partial charge in [0.1, 0.15) is 0 Å². The van der Waals surface area contributed by atoms with E-state index < -0.39 is 0 Å². The highest BCUT2D eigenvalue weighted by atomic mass is 79.9. The van der Waals surface area contributed by atoms with Crippen molar-refractivity contribution in [1.82, 2.24) is 4.90 Å². The van der Waals surface area contributed by atoms with Gasteiger partial charge in [0.05, 0.1) is 6.04 Å². The van der Waals surface area contributed by atoms with Crippen LogP contribution in [0.2, 0.25) is 0 Å². The van der Waals surface area contributed by atoms with Crippen molar-refractivity contribution in [3.8, 4) is 0 Å². The van der Waals surface area contributed by atoms with Crippen molar-refractivity contribution in [2.45, 2.75) is 58.2 Å². The lowest BCUT2D eigenvalue weighted by molar-refractivity contribution is 0.0625. The van der Waals surface area contributed by atoms with Gasteiger partial charge in [0.25, 0.3) is 0 Å².